The third kappa shape index (κ3) is 38.1. The molecule has 0 aliphatic rings. The van der Waals surface area contributed by atoms with E-state index in [4.69, 9.17) is 9.47 Å². The van der Waals surface area contributed by atoms with Crippen LogP contribution in [0.5, 0.6) is 0 Å². The minimum Gasteiger partial charge on any atom is -0.461 e. The second-order valence-corrected chi connectivity index (χ2v) is 15.8. The first-order valence-corrected chi connectivity index (χ1v) is 22.3. The zero-order valence-corrected chi connectivity index (χ0v) is 35.6. The fourth-order valence-corrected chi connectivity index (χ4v) is 6.72. The number of hydrogen-bond donors (Lipinski definition) is 0. The lowest BCUT2D eigenvalue weighted by Gasteiger charge is -2.26. The van der Waals surface area contributed by atoms with Crippen LogP contribution in [-0.2, 0) is 19.1 Å². The topological polar surface area (TPSA) is 59.1 Å². The molecule has 0 aromatic rings. The molecular formula is C46H88N2O4. The summed E-state index contributed by atoms with van der Waals surface area (Å²) in [5, 5.41) is 0. The maximum Gasteiger partial charge on any atom is 0.306 e. The number of likely N-dealkylation sites (N-methyl/N-ethyl adjacent to an activating group) is 2. The standard InChI is InChI=1S/C46H88N2O4/c1-7-9-11-13-15-17-19-21-23-25-27-29-31-33-35-37-45(49)51-43(3)41-47(5)39-40-48(6)42-44(4)52-46(50)38-36-34-32-30-28-26-24-22-20-18-16-14-12-10-8-2/h21-24,43-44H,7-20,25-42H2,1-6H3/b23-21-,24-22-. The van der Waals surface area contributed by atoms with Gasteiger partial charge in [0.15, 0.2) is 0 Å². The zero-order chi connectivity index (χ0) is 38.3. The summed E-state index contributed by atoms with van der Waals surface area (Å²) in [5.74, 6) is -0.152. The minimum atomic E-state index is -0.123. The summed E-state index contributed by atoms with van der Waals surface area (Å²) in [6.45, 7) is 11.7. The fraction of sp³-hybridized carbons (Fsp3) is 0.870. The van der Waals surface area contributed by atoms with E-state index >= 15 is 0 Å². The summed E-state index contributed by atoms with van der Waals surface area (Å²) in [6, 6.07) is 0. The van der Waals surface area contributed by atoms with Crippen LogP contribution in [0.1, 0.15) is 207 Å². The van der Waals surface area contributed by atoms with Gasteiger partial charge in [-0.3, -0.25) is 9.59 Å². The number of hydrogen-bond acceptors (Lipinski definition) is 6. The number of rotatable bonds is 39. The predicted molar refractivity (Wildman–Crippen MR) is 225 cm³/mol. The molecule has 0 amide bonds. The Morgan fingerprint density at radius 1 is 0.442 bits per heavy atom. The molecule has 0 heterocycles. The van der Waals surface area contributed by atoms with Gasteiger partial charge >= 0.3 is 11.9 Å². The number of esters is 2. The van der Waals surface area contributed by atoms with Gasteiger partial charge in [-0.1, -0.05) is 141 Å². The molecule has 0 radical (unpaired) electrons. The van der Waals surface area contributed by atoms with Gasteiger partial charge < -0.3 is 19.3 Å². The van der Waals surface area contributed by atoms with Crippen molar-refractivity contribution in [2.75, 3.05) is 40.3 Å². The van der Waals surface area contributed by atoms with Crippen molar-refractivity contribution in [2.24, 2.45) is 0 Å². The number of carbonyl (C=O) groups excluding carboxylic acids is 2. The first kappa shape index (κ1) is 50.3. The monoisotopic (exact) mass is 733 g/mol. The van der Waals surface area contributed by atoms with Gasteiger partial charge in [0.05, 0.1) is 0 Å². The Morgan fingerprint density at radius 2 is 0.712 bits per heavy atom. The molecule has 0 spiro atoms. The Labute approximate surface area is 324 Å². The van der Waals surface area contributed by atoms with E-state index in [0.29, 0.717) is 25.9 Å². The van der Waals surface area contributed by atoms with Crippen LogP contribution in [0.25, 0.3) is 0 Å². The SMILES string of the molecule is CCCCCCCC/C=C\CCCCCCCC(=O)OC(C)CN(C)CCN(C)CC(C)OC(=O)CCCCCCC/C=C\CCCCCCCC. The zero-order valence-electron chi connectivity index (χ0n) is 35.6. The normalized spacial score (nSPS) is 13.2. The molecule has 0 N–H and O–H groups in total. The molecule has 0 aliphatic carbocycles. The number of ether oxygens (including phenoxy) is 2. The van der Waals surface area contributed by atoms with Gasteiger partial charge in [0.1, 0.15) is 12.2 Å². The van der Waals surface area contributed by atoms with E-state index in [1.165, 1.54) is 141 Å². The van der Waals surface area contributed by atoms with E-state index in [0.717, 1.165) is 38.8 Å². The first-order chi connectivity index (χ1) is 25.3. The van der Waals surface area contributed by atoms with Crippen LogP contribution in [0, 0.1) is 0 Å². The van der Waals surface area contributed by atoms with Crippen LogP contribution < -0.4 is 0 Å². The number of carbonyl (C=O) groups is 2. The van der Waals surface area contributed by atoms with E-state index in [1.54, 1.807) is 0 Å². The highest BCUT2D eigenvalue weighted by molar-refractivity contribution is 5.69. The van der Waals surface area contributed by atoms with E-state index in [1.807, 2.05) is 13.8 Å². The molecule has 0 aromatic heterocycles. The van der Waals surface area contributed by atoms with Crippen LogP contribution in [0.3, 0.4) is 0 Å². The van der Waals surface area contributed by atoms with Gasteiger partial charge in [0.25, 0.3) is 0 Å². The van der Waals surface area contributed by atoms with Crippen molar-refractivity contribution in [3.8, 4) is 0 Å². The number of allylic oxidation sites excluding steroid dienone is 4. The van der Waals surface area contributed by atoms with Gasteiger partial charge in [0.2, 0.25) is 0 Å². The second-order valence-electron chi connectivity index (χ2n) is 15.8. The average molecular weight is 733 g/mol. The van der Waals surface area contributed by atoms with Crippen molar-refractivity contribution in [3.63, 3.8) is 0 Å². The Hall–Kier alpha value is -1.66. The fourth-order valence-electron chi connectivity index (χ4n) is 6.72. The molecule has 0 rings (SSSR count). The van der Waals surface area contributed by atoms with Crippen LogP contribution >= 0.6 is 0 Å². The lowest BCUT2D eigenvalue weighted by Crippen LogP contribution is -2.38. The molecule has 6 heteroatoms. The van der Waals surface area contributed by atoms with Crippen LogP contribution in [0.4, 0.5) is 0 Å². The molecule has 2 unspecified atom stereocenters. The quantitative estimate of drug-likeness (QED) is 0.0356. The highest BCUT2D eigenvalue weighted by Crippen LogP contribution is 2.13. The third-order valence-corrected chi connectivity index (χ3v) is 9.95. The molecule has 0 bridgehead atoms. The molecule has 306 valence electrons. The van der Waals surface area contributed by atoms with Crippen LogP contribution in [-0.4, -0.2) is 74.2 Å². The lowest BCUT2D eigenvalue weighted by molar-refractivity contribution is -0.150. The van der Waals surface area contributed by atoms with Crippen molar-refractivity contribution < 1.29 is 19.1 Å². The van der Waals surface area contributed by atoms with Crippen molar-refractivity contribution in [3.05, 3.63) is 24.3 Å². The Kier molecular flexibility index (Phi) is 37.8. The molecule has 0 fully saturated rings. The molecule has 0 saturated carbocycles. The van der Waals surface area contributed by atoms with Crippen molar-refractivity contribution in [2.45, 2.75) is 220 Å². The minimum absolute atomic E-state index is 0.0759. The van der Waals surface area contributed by atoms with Gasteiger partial charge in [0, 0.05) is 39.0 Å². The number of nitrogens with zero attached hydrogens (tertiary/aromatic N) is 2. The third-order valence-electron chi connectivity index (χ3n) is 9.95. The van der Waals surface area contributed by atoms with Gasteiger partial charge in [-0.2, -0.15) is 0 Å². The summed E-state index contributed by atoms with van der Waals surface area (Å²) in [4.78, 5) is 29.1. The molecule has 0 aromatic carbocycles. The van der Waals surface area contributed by atoms with Crippen molar-refractivity contribution >= 4 is 11.9 Å². The highest BCUT2D eigenvalue weighted by Gasteiger charge is 2.15. The number of unbranched alkanes of at least 4 members (excludes halogenated alkanes) is 22. The average Bonchev–Trinajstić information content (AvgIpc) is 3.10. The molecule has 2 atom stereocenters. The lowest BCUT2D eigenvalue weighted by atomic mass is 10.1. The Balaban J connectivity index is 3.72. The molecular weight excluding hydrogens is 645 g/mol. The molecule has 52 heavy (non-hydrogen) atoms. The predicted octanol–water partition coefficient (Wildman–Crippen LogP) is 12.8. The van der Waals surface area contributed by atoms with Crippen molar-refractivity contribution in [1.29, 1.82) is 0 Å². The summed E-state index contributed by atoms with van der Waals surface area (Å²) >= 11 is 0. The van der Waals surface area contributed by atoms with Crippen molar-refractivity contribution in [1.82, 2.24) is 9.80 Å². The van der Waals surface area contributed by atoms with Gasteiger partial charge in [-0.05, 0) is 92.2 Å². The summed E-state index contributed by atoms with van der Waals surface area (Å²) in [6.07, 6.45) is 42.9. The first-order valence-electron chi connectivity index (χ1n) is 22.3. The van der Waals surface area contributed by atoms with Gasteiger partial charge in [-0.15, -0.1) is 0 Å². The van der Waals surface area contributed by atoms with E-state index < -0.39 is 0 Å². The van der Waals surface area contributed by atoms with E-state index in [-0.39, 0.29) is 24.1 Å². The largest absolute Gasteiger partial charge is 0.461 e. The Morgan fingerprint density at radius 3 is 1.02 bits per heavy atom. The highest BCUT2D eigenvalue weighted by atomic mass is 16.5. The summed E-state index contributed by atoms with van der Waals surface area (Å²) in [7, 11) is 4.14. The molecule has 0 aliphatic heterocycles. The van der Waals surface area contributed by atoms with Crippen LogP contribution in [0.15, 0.2) is 24.3 Å². The maximum absolute atomic E-state index is 12.3. The van der Waals surface area contributed by atoms with E-state index in [2.05, 4.69) is 62.0 Å². The summed E-state index contributed by atoms with van der Waals surface area (Å²) < 4.78 is 11.4. The smallest absolute Gasteiger partial charge is 0.306 e. The maximum atomic E-state index is 12.3. The molecule has 6 nitrogen and oxygen atoms in total. The second kappa shape index (κ2) is 39.0. The summed E-state index contributed by atoms with van der Waals surface area (Å²) in [5.41, 5.74) is 0. The Bertz CT molecular complexity index is 776. The van der Waals surface area contributed by atoms with Crippen LogP contribution in [0.2, 0.25) is 0 Å². The molecule has 0 saturated heterocycles. The van der Waals surface area contributed by atoms with Gasteiger partial charge in [-0.25, -0.2) is 0 Å². The van der Waals surface area contributed by atoms with E-state index in [9.17, 15) is 9.59 Å².